The van der Waals surface area contributed by atoms with Gasteiger partial charge in [-0.3, -0.25) is 9.52 Å². The molecule has 4 rings (SSSR count). The first kappa shape index (κ1) is 26.1. The SMILES string of the molecule is Cc1ccc(F)cc1S(=O)(=O)Nc1ccc(F)c(-c2ccc3nc(CC(C)(C)C(N)=O)ncc3c2)c1F. The molecule has 7 nitrogen and oxygen atoms in total. The highest BCUT2D eigenvalue weighted by Gasteiger charge is 2.27. The minimum absolute atomic E-state index is 0.124. The standard InChI is InChI=1S/C26H23F3N4O3S/c1-14-4-6-17(27)11-21(14)37(35,36)33-20-9-7-18(28)23(24(20)29)15-5-8-19-16(10-15)13-31-22(32-19)12-26(2,3)25(30)34/h4-11,13,33H,12H2,1-3H3,(H2,30,34). The Hall–Kier alpha value is -3.99. The van der Waals surface area contributed by atoms with Gasteiger partial charge in [-0.1, -0.05) is 26.0 Å². The molecule has 1 heterocycles. The number of primary amides is 1. The van der Waals surface area contributed by atoms with Crippen LogP contribution in [-0.2, 0) is 21.2 Å². The van der Waals surface area contributed by atoms with Crippen molar-refractivity contribution in [2.45, 2.75) is 32.1 Å². The molecule has 0 saturated carbocycles. The number of sulfonamides is 1. The molecule has 0 spiro atoms. The first-order valence-electron chi connectivity index (χ1n) is 11.1. The fourth-order valence-electron chi connectivity index (χ4n) is 3.75. The zero-order chi connectivity index (χ0) is 27.1. The van der Waals surface area contributed by atoms with Crippen molar-refractivity contribution in [2.24, 2.45) is 11.1 Å². The van der Waals surface area contributed by atoms with Crippen molar-refractivity contribution in [1.29, 1.82) is 0 Å². The van der Waals surface area contributed by atoms with Crippen LogP contribution >= 0.6 is 0 Å². The number of halogens is 3. The molecule has 0 aliphatic carbocycles. The number of amides is 1. The predicted molar refractivity (Wildman–Crippen MR) is 134 cm³/mol. The molecule has 1 aromatic heterocycles. The van der Waals surface area contributed by atoms with Gasteiger partial charge in [-0.15, -0.1) is 0 Å². The van der Waals surface area contributed by atoms with Crippen LogP contribution in [0.1, 0.15) is 25.2 Å². The van der Waals surface area contributed by atoms with Gasteiger partial charge in [-0.2, -0.15) is 0 Å². The average Bonchev–Trinajstić information content (AvgIpc) is 2.82. The summed E-state index contributed by atoms with van der Waals surface area (Å²) in [5, 5.41) is 0.471. The van der Waals surface area contributed by atoms with E-state index in [0.717, 1.165) is 24.3 Å². The van der Waals surface area contributed by atoms with Crippen LogP contribution in [0.5, 0.6) is 0 Å². The Kier molecular flexibility index (Phi) is 6.68. The quantitative estimate of drug-likeness (QED) is 0.355. The van der Waals surface area contributed by atoms with E-state index in [1.807, 2.05) is 0 Å². The highest BCUT2D eigenvalue weighted by molar-refractivity contribution is 7.92. The van der Waals surface area contributed by atoms with Gasteiger partial charge in [0.1, 0.15) is 17.5 Å². The number of nitrogens with two attached hydrogens (primary N) is 1. The van der Waals surface area contributed by atoms with Crippen molar-refractivity contribution in [3.8, 4) is 11.1 Å². The van der Waals surface area contributed by atoms with E-state index < -0.39 is 50.0 Å². The monoisotopic (exact) mass is 528 g/mol. The molecule has 0 unspecified atom stereocenters. The van der Waals surface area contributed by atoms with Crippen LogP contribution in [0.15, 0.2) is 59.6 Å². The zero-order valence-electron chi connectivity index (χ0n) is 20.1. The molecule has 0 bridgehead atoms. The van der Waals surface area contributed by atoms with E-state index in [1.54, 1.807) is 19.9 Å². The molecule has 192 valence electrons. The molecule has 11 heteroatoms. The number of benzene rings is 3. The molecule has 1 amide bonds. The molecule has 0 atom stereocenters. The lowest BCUT2D eigenvalue weighted by Gasteiger charge is -2.19. The number of hydrogen-bond acceptors (Lipinski definition) is 5. The normalized spacial score (nSPS) is 12.1. The average molecular weight is 529 g/mol. The smallest absolute Gasteiger partial charge is 0.262 e. The number of aryl methyl sites for hydroxylation is 1. The van der Waals surface area contributed by atoms with Crippen LogP contribution in [0.2, 0.25) is 0 Å². The zero-order valence-corrected chi connectivity index (χ0v) is 21.0. The largest absolute Gasteiger partial charge is 0.369 e. The highest BCUT2D eigenvalue weighted by Crippen LogP contribution is 2.33. The van der Waals surface area contributed by atoms with Gasteiger partial charge in [0.15, 0.2) is 5.82 Å². The summed E-state index contributed by atoms with van der Waals surface area (Å²) in [4.78, 5) is 19.9. The lowest BCUT2D eigenvalue weighted by molar-refractivity contribution is -0.126. The van der Waals surface area contributed by atoms with Crippen LogP contribution in [0.3, 0.4) is 0 Å². The molecule has 0 saturated heterocycles. The van der Waals surface area contributed by atoms with Gasteiger partial charge in [-0.05, 0) is 54.4 Å². The van der Waals surface area contributed by atoms with E-state index in [1.165, 1.54) is 31.3 Å². The maximum Gasteiger partial charge on any atom is 0.262 e. The molecular weight excluding hydrogens is 505 g/mol. The minimum atomic E-state index is -4.37. The van der Waals surface area contributed by atoms with Gasteiger partial charge in [0.05, 0.1) is 27.1 Å². The summed E-state index contributed by atoms with van der Waals surface area (Å²) in [6, 6.07) is 9.55. The first-order valence-corrected chi connectivity index (χ1v) is 12.6. The van der Waals surface area contributed by atoms with Crippen molar-refractivity contribution in [3.05, 3.63) is 83.6 Å². The Morgan fingerprint density at radius 3 is 2.49 bits per heavy atom. The summed E-state index contributed by atoms with van der Waals surface area (Å²) in [5.41, 5.74) is 4.45. The predicted octanol–water partition coefficient (Wildman–Crippen LogP) is 4.88. The third-order valence-corrected chi connectivity index (χ3v) is 7.47. The molecule has 37 heavy (non-hydrogen) atoms. The van der Waals surface area contributed by atoms with E-state index in [2.05, 4.69) is 14.7 Å². The molecular formula is C26H23F3N4O3S. The number of nitrogens with zero attached hydrogens (tertiary/aromatic N) is 2. The summed E-state index contributed by atoms with van der Waals surface area (Å²) in [6.45, 7) is 4.82. The van der Waals surface area contributed by atoms with Crippen molar-refractivity contribution in [1.82, 2.24) is 9.97 Å². The van der Waals surface area contributed by atoms with E-state index in [4.69, 9.17) is 5.73 Å². The lowest BCUT2D eigenvalue weighted by atomic mass is 9.88. The van der Waals surface area contributed by atoms with Gasteiger partial charge >= 0.3 is 0 Å². The second-order valence-electron chi connectivity index (χ2n) is 9.28. The van der Waals surface area contributed by atoms with Crippen molar-refractivity contribution < 1.29 is 26.4 Å². The number of hydrogen-bond donors (Lipinski definition) is 2. The highest BCUT2D eigenvalue weighted by atomic mass is 32.2. The molecule has 4 aromatic rings. The number of nitrogens with one attached hydrogen (secondary N) is 1. The van der Waals surface area contributed by atoms with Crippen LogP contribution < -0.4 is 10.5 Å². The number of fused-ring (bicyclic) bond motifs is 1. The van der Waals surface area contributed by atoms with Gasteiger partial charge in [0, 0.05) is 18.0 Å². The Balaban J connectivity index is 1.71. The number of carbonyl (C=O) groups excluding carboxylic acids is 1. The van der Waals surface area contributed by atoms with Crippen LogP contribution in [0.25, 0.3) is 22.0 Å². The molecule has 3 N–H and O–H groups in total. The maximum atomic E-state index is 15.5. The molecule has 0 aliphatic heterocycles. The van der Waals surface area contributed by atoms with Crippen LogP contribution in [-0.4, -0.2) is 24.3 Å². The molecule has 0 radical (unpaired) electrons. The molecule has 0 fully saturated rings. The fourth-order valence-corrected chi connectivity index (χ4v) is 5.07. The Bertz CT molecular complexity index is 1660. The molecule has 3 aromatic carbocycles. The number of carbonyl (C=O) groups is 1. The lowest BCUT2D eigenvalue weighted by Crippen LogP contribution is -2.33. The van der Waals surface area contributed by atoms with Gasteiger partial charge in [0.25, 0.3) is 10.0 Å². The number of aromatic nitrogens is 2. The van der Waals surface area contributed by atoms with Crippen molar-refractivity contribution in [3.63, 3.8) is 0 Å². The summed E-state index contributed by atoms with van der Waals surface area (Å²) in [6.07, 6.45) is 1.67. The summed E-state index contributed by atoms with van der Waals surface area (Å²) < 4.78 is 71.6. The van der Waals surface area contributed by atoms with Crippen LogP contribution in [0.4, 0.5) is 18.9 Å². The van der Waals surface area contributed by atoms with Crippen molar-refractivity contribution in [2.75, 3.05) is 4.72 Å². The number of anilines is 1. The minimum Gasteiger partial charge on any atom is -0.369 e. The van der Waals surface area contributed by atoms with Gasteiger partial charge in [-0.25, -0.2) is 31.6 Å². The van der Waals surface area contributed by atoms with Gasteiger partial charge < -0.3 is 5.73 Å². The summed E-state index contributed by atoms with van der Waals surface area (Å²) in [5.74, 6) is -2.95. The molecule has 0 aliphatic rings. The topological polar surface area (TPSA) is 115 Å². The third-order valence-electron chi connectivity index (χ3n) is 5.96. The fraction of sp³-hybridized carbons (Fsp3) is 0.192. The summed E-state index contributed by atoms with van der Waals surface area (Å²) in [7, 11) is -4.37. The maximum absolute atomic E-state index is 15.5. The third kappa shape index (κ3) is 5.26. The van der Waals surface area contributed by atoms with E-state index >= 15 is 4.39 Å². The Morgan fingerprint density at radius 1 is 1.05 bits per heavy atom. The van der Waals surface area contributed by atoms with E-state index in [0.29, 0.717) is 16.7 Å². The van der Waals surface area contributed by atoms with E-state index in [-0.39, 0.29) is 22.4 Å². The summed E-state index contributed by atoms with van der Waals surface area (Å²) >= 11 is 0. The number of rotatable bonds is 7. The van der Waals surface area contributed by atoms with E-state index in [9.17, 15) is 22.0 Å². The van der Waals surface area contributed by atoms with Gasteiger partial charge in [0.2, 0.25) is 5.91 Å². The second kappa shape index (κ2) is 9.47. The van der Waals surface area contributed by atoms with Crippen molar-refractivity contribution >= 4 is 32.5 Å². The Labute approximate surface area is 211 Å². The van der Waals surface area contributed by atoms with Crippen LogP contribution in [0, 0.1) is 29.8 Å². The first-order chi connectivity index (χ1) is 17.3. The second-order valence-corrected chi connectivity index (χ2v) is 10.9. The Morgan fingerprint density at radius 2 is 1.78 bits per heavy atom.